The maximum atomic E-state index is 12.1. The van der Waals surface area contributed by atoms with E-state index < -0.39 is 10.0 Å². The highest BCUT2D eigenvalue weighted by Gasteiger charge is 2.23. The van der Waals surface area contributed by atoms with Crippen LogP contribution in [0, 0.1) is 5.92 Å². The molecule has 0 heterocycles. The average Bonchev–Trinajstić information content (AvgIpc) is 2.77. The average molecular weight is 295 g/mol. The highest BCUT2D eigenvalue weighted by Crippen LogP contribution is 2.24. The molecule has 0 saturated heterocycles. The van der Waals surface area contributed by atoms with Crippen molar-refractivity contribution in [3.63, 3.8) is 0 Å². The van der Waals surface area contributed by atoms with E-state index in [1.165, 1.54) is 0 Å². The number of amides is 1. The van der Waals surface area contributed by atoms with Crippen molar-refractivity contribution in [2.45, 2.75) is 12.5 Å². The Kier molecular flexibility index (Phi) is 4.10. The van der Waals surface area contributed by atoms with E-state index in [9.17, 15) is 13.2 Å². The van der Waals surface area contributed by atoms with Gasteiger partial charge in [-0.15, -0.1) is 0 Å². The van der Waals surface area contributed by atoms with Crippen LogP contribution in [0.2, 0.25) is 0 Å². The van der Waals surface area contributed by atoms with Crippen molar-refractivity contribution in [2.75, 3.05) is 16.3 Å². The molecule has 7 heteroatoms. The van der Waals surface area contributed by atoms with Gasteiger partial charge in [0.05, 0.1) is 23.5 Å². The van der Waals surface area contributed by atoms with Gasteiger partial charge in [0.1, 0.15) is 0 Å². The first-order valence-electron chi connectivity index (χ1n) is 6.17. The highest BCUT2D eigenvalue weighted by atomic mass is 32.2. The summed E-state index contributed by atoms with van der Waals surface area (Å²) >= 11 is 0. The van der Waals surface area contributed by atoms with E-state index in [0.29, 0.717) is 17.8 Å². The molecular formula is C13H17N3O3S. The van der Waals surface area contributed by atoms with Crippen LogP contribution in [0.5, 0.6) is 0 Å². The molecule has 0 saturated carbocycles. The van der Waals surface area contributed by atoms with Crippen LogP contribution >= 0.6 is 0 Å². The van der Waals surface area contributed by atoms with Crippen molar-refractivity contribution < 1.29 is 13.2 Å². The van der Waals surface area contributed by atoms with Crippen LogP contribution in [0.25, 0.3) is 0 Å². The lowest BCUT2D eigenvalue weighted by molar-refractivity contribution is -0.118. The van der Waals surface area contributed by atoms with Crippen LogP contribution in [0.4, 0.5) is 11.4 Å². The van der Waals surface area contributed by atoms with Gasteiger partial charge in [-0.2, -0.15) is 0 Å². The topological polar surface area (TPSA) is 101 Å². The fourth-order valence-corrected chi connectivity index (χ4v) is 2.61. The zero-order chi connectivity index (χ0) is 14.8. The first-order chi connectivity index (χ1) is 9.35. The van der Waals surface area contributed by atoms with Gasteiger partial charge in [-0.3, -0.25) is 9.52 Å². The van der Waals surface area contributed by atoms with E-state index in [1.54, 1.807) is 36.4 Å². The van der Waals surface area contributed by atoms with E-state index in [4.69, 9.17) is 5.73 Å². The first kappa shape index (κ1) is 14.5. The molecule has 1 aliphatic carbocycles. The molecule has 0 fully saturated rings. The van der Waals surface area contributed by atoms with Gasteiger partial charge in [0, 0.05) is 6.04 Å². The highest BCUT2D eigenvalue weighted by molar-refractivity contribution is 7.92. The summed E-state index contributed by atoms with van der Waals surface area (Å²) in [6.45, 7) is 0. The second-order valence-corrected chi connectivity index (χ2v) is 6.55. The van der Waals surface area contributed by atoms with Gasteiger partial charge in [-0.1, -0.05) is 24.3 Å². The molecule has 0 spiro atoms. The summed E-state index contributed by atoms with van der Waals surface area (Å²) in [7, 11) is -3.40. The number of hydrogen-bond acceptors (Lipinski definition) is 4. The smallest absolute Gasteiger partial charge is 0.231 e. The number of para-hydroxylation sites is 2. The molecule has 2 atom stereocenters. The minimum Gasteiger partial charge on any atom is -0.324 e. The fourth-order valence-electron chi connectivity index (χ4n) is 2.03. The Morgan fingerprint density at radius 1 is 1.25 bits per heavy atom. The van der Waals surface area contributed by atoms with Gasteiger partial charge in [0.25, 0.3) is 0 Å². The Balaban J connectivity index is 2.13. The van der Waals surface area contributed by atoms with Crippen molar-refractivity contribution >= 4 is 27.3 Å². The van der Waals surface area contributed by atoms with Gasteiger partial charge in [0.2, 0.25) is 15.9 Å². The quantitative estimate of drug-likeness (QED) is 0.718. The summed E-state index contributed by atoms with van der Waals surface area (Å²) in [4.78, 5) is 12.1. The van der Waals surface area contributed by atoms with Crippen LogP contribution < -0.4 is 15.8 Å². The Hall–Kier alpha value is -1.86. The number of hydrogen-bond donors (Lipinski definition) is 3. The Labute approximate surface area is 118 Å². The lowest BCUT2D eigenvalue weighted by Crippen LogP contribution is -2.24. The van der Waals surface area contributed by atoms with Crippen molar-refractivity contribution in [1.82, 2.24) is 0 Å². The number of rotatable bonds is 4. The summed E-state index contributed by atoms with van der Waals surface area (Å²) in [6, 6.07) is 6.54. The van der Waals surface area contributed by atoms with Crippen LogP contribution in [0.15, 0.2) is 36.4 Å². The fraction of sp³-hybridized carbons (Fsp3) is 0.308. The second kappa shape index (κ2) is 5.64. The van der Waals surface area contributed by atoms with Crippen molar-refractivity contribution in [3.05, 3.63) is 36.4 Å². The minimum atomic E-state index is -3.40. The number of anilines is 2. The molecule has 0 aromatic heterocycles. The molecule has 1 amide bonds. The Morgan fingerprint density at radius 3 is 2.45 bits per heavy atom. The predicted octanol–water partition coefficient (Wildman–Crippen LogP) is 0.900. The molecule has 2 rings (SSSR count). The molecular weight excluding hydrogens is 278 g/mol. The number of carbonyl (C=O) groups excluding carboxylic acids is 1. The number of nitrogens with two attached hydrogens (primary N) is 1. The largest absolute Gasteiger partial charge is 0.324 e. The van der Waals surface area contributed by atoms with Crippen LogP contribution in [0.3, 0.4) is 0 Å². The molecule has 1 aromatic carbocycles. The maximum Gasteiger partial charge on any atom is 0.231 e. The molecule has 6 nitrogen and oxygen atoms in total. The third-order valence-corrected chi connectivity index (χ3v) is 3.52. The number of benzene rings is 1. The van der Waals surface area contributed by atoms with Crippen molar-refractivity contribution in [2.24, 2.45) is 11.7 Å². The van der Waals surface area contributed by atoms with E-state index in [1.807, 2.05) is 0 Å². The SMILES string of the molecule is CS(=O)(=O)Nc1ccccc1NC(=O)C1C=CC(N)C1. The summed E-state index contributed by atoms with van der Waals surface area (Å²) < 4.78 is 24.9. The standard InChI is InChI=1S/C13H17N3O3S/c1-20(18,19)16-12-5-3-2-4-11(12)15-13(17)9-6-7-10(14)8-9/h2-7,9-10,16H,8,14H2,1H3,(H,15,17). The van der Waals surface area contributed by atoms with Gasteiger partial charge >= 0.3 is 0 Å². The summed E-state index contributed by atoms with van der Waals surface area (Å²) in [5.41, 5.74) is 6.48. The maximum absolute atomic E-state index is 12.1. The number of nitrogens with one attached hydrogen (secondary N) is 2. The van der Waals surface area contributed by atoms with Gasteiger partial charge in [-0.05, 0) is 18.6 Å². The Bertz CT molecular complexity index is 640. The lowest BCUT2D eigenvalue weighted by Gasteiger charge is -2.14. The van der Waals surface area contributed by atoms with Gasteiger partial charge < -0.3 is 11.1 Å². The normalized spacial score (nSPS) is 21.7. The zero-order valence-corrected chi connectivity index (χ0v) is 11.9. The number of carbonyl (C=O) groups is 1. The van der Waals surface area contributed by atoms with Crippen molar-refractivity contribution in [1.29, 1.82) is 0 Å². The second-order valence-electron chi connectivity index (χ2n) is 4.80. The van der Waals surface area contributed by atoms with Crippen molar-refractivity contribution in [3.8, 4) is 0 Å². The van der Waals surface area contributed by atoms with E-state index >= 15 is 0 Å². The molecule has 0 aliphatic heterocycles. The van der Waals surface area contributed by atoms with Gasteiger partial charge in [0.15, 0.2) is 0 Å². The summed E-state index contributed by atoms with van der Waals surface area (Å²) in [6.07, 6.45) is 5.19. The van der Waals surface area contributed by atoms with Crippen LogP contribution in [0.1, 0.15) is 6.42 Å². The molecule has 1 aromatic rings. The first-order valence-corrected chi connectivity index (χ1v) is 8.06. The Morgan fingerprint density at radius 2 is 1.90 bits per heavy atom. The van der Waals surface area contributed by atoms with Crippen LogP contribution in [-0.2, 0) is 14.8 Å². The van der Waals surface area contributed by atoms with E-state index in [2.05, 4.69) is 10.0 Å². The molecule has 0 radical (unpaired) electrons. The minimum absolute atomic E-state index is 0.102. The van der Waals surface area contributed by atoms with E-state index in [-0.39, 0.29) is 17.9 Å². The lowest BCUT2D eigenvalue weighted by atomic mass is 10.1. The number of sulfonamides is 1. The zero-order valence-electron chi connectivity index (χ0n) is 11.0. The molecule has 0 bridgehead atoms. The summed E-state index contributed by atoms with van der Waals surface area (Å²) in [5.74, 6) is -0.478. The third kappa shape index (κ3) is 3.82. The summed E-state index contributed by atoms with van der Waals surface area (Å²) in [5, 5.41) is 2.72. The van der Waals surface area contributed by atoms with Crippen LogP contribution in [-0.4, -0.2) is 26.6 Å². The predicted molar refractivity (Wildman–Crippen MR) is 78.8 cm³/mol. The molecule has 2 unspecified atom stereocenters. The molecule has 4 N–H and O–H groups in total. The monoisotopic (exact) mass is 295 g/mol. The molecule has 20 heavy (non-hydrogen) atoms. The van der Waals surface area contributed by atoms with E-state index in [0.717, 1.165) is 6.26 Å². The third-order valence-electron chi connectivity index (χ3n) is 2.93. The van der Waals surface area contributed by atoms with Gasteiger partial charge in [-0.25, -0.2) is 8.42 Å². The molecule has 108 valence electrons. The molecule has 1 aliphatic rings.